The molecule has 2 heterocycles. The summed E-state index contributed by atoms with van der Waals surface area (Å²) in [5, 5.41) is 13.3. The van der Waals surface area contributed by atoms with Crippen LogP contribution in [0.1, 0.15) is 18.8 Å². The van der Waals surface area contributed by atoms with E-state index in [1.54, 1.807) is 14.0 Å². The van der Waals surface area contributed by atoms with Gasteiger partial charge < -0.3 is 14.6 Å². The molecule has 1 aliphatic heterocycles. The van der Waals surface area contributed by atoms with Crippen LogP contribution in [0.4, 0.5) is 0 Å². The lowest BCUT2D eigenvalue weighted by Gasteiger charge is -2.32. The minimum absolute atomic E-state index is 0.0897. The Bertz CT molecular complexity index is 291. The van der Waals surface area contributed by atoms with Gasteiger partial charge in [-0.05, 0) is 6.92 Å². The zero-order chi connectivity index (χ0) is 8.72. The van der Waals surface area contributed by atoms with Crippen LogP contribution in [-0.2, 0) is 16.5 Å². The Morgan fingerprint density at radius 3 is 2.67 bits per heavy atom. The lowest BCUT2D eigenvalue weighted by molar-refractivity contribution is -0.382. The van der Waals surface area contributed by atoms with Gasteiger partial charge in [-0.2, -0.15) is 5.10 Å². The highest BCUT2D eigenvalue weighted by atomic mass is 16.9. The summed E-state index contributed by atoms with van der Waals surface area (Å²) in [6.07, 6.45) is 0.898. The molecule has 1 aromatic heterocycles. The van der Waals surface area contributed by atoms with Crippen LogP contribution in [-0.4, -0.2) is 21.2 Å². The highest BCUT2D eigenvalue weighted by Crippen LogP contribution is 2.35. The number of aryl methyl sites for hydroxylation is 1. The fraction of sp³-hybridized carbons (Fsp3) is 0.571. The molecule has 1 fully saturated rings. The lowest BCUT2D eigenvalue weighted by atomic mass is 10.3. The van der Waals surface area contributed by atoms with E-state index in [-0.39, 0.29) is 12.2 Å². The molecule has 5 nitrogen and oxygen atoms in total. The first-order valence-corrected chi connectivity index (χ1v) is 3.70. The summed E-state index contributed by atoms with van der Waals surface area (Å²) in [6, 6.07) is 0. The van der Waals surface area contributed by atoms with E-state index < -0.39 is 6.29 Å². The third-order valence-corrected chi connectivity index (χ3v) is 1.82. The molecule has 1 aliphatic rings. The third-order valence-electron chi connectivity index (χ3n) is 1.82. The Hall–Kier alpha value is -1.07. The Morgan fingerprint density at radius 2 is 2.25 bits per heavy atom. The van der Waals surface area contributed by atoms with Crippen molar-refractivity contribution in [1.29, 1.82) is 0 Å². The maximum absolute atomic E-state index is 9.40. The molecular formula is C7H10N2O3. The van der Waals surface area contributed by atoms with Gasteiger partial charge in [0, 0.05) is 7.05 Å². The molecule has 0 spiro atoms. The van der Waals surface area contributed by atoms with Crippen molar-refractivity contribution in [3.05, 3.63) is 11.8 Å². The predicted octanol–water partition coefficient (Wildman–Crippen LogP) is 0.517. The molecule has 2 rings (SSSR count). The molecule has 0 radical (unpaired) electrons. The highest BCUT2D eigenvalue weighted by molar-refractivity contribution is 5.24. The third kappa shape index (κ3) is 0.981. The normalized spacial score (nSPS) is 28.5. The second-order valence-corrected chi connectivity index (χ2v) is 2.72. The summed E-state index contributed by atoms with van der Waals surface area (Å²) in [6.45, 7) is 1.80. The molecular weight excluding hydrogens is 160 g/mol. The number of hydrogen-bond donors (Lipinski definition) is 1. The average molecular weight is 170 g/mol. The van der Waals surface area contributed by atoms with Gasteiger partial charge in [0.1, 0.15) is 0 Å². The second kappa shape index (κ2) is 2.46. The quantitative estimate of drug-likeness (QED) is 0.667. The summed E-state index contributed by atoms with van der Waals surface area (Å²) in [7, 11) is 1.65. The smallest absolute Gasteiger partial charge is 0.217 e. The van der Waals surface area contributed by atoms with E-state index in [4.69, 9.17) is 9.47 Å². The SMILES string of the molecule is CC1OC(c2cnn(C)c2O)O1. The predicted molar refractivity (Wildman–Crippen MR) is 39.2 cm³/mol. The first-order valence-electron chi connectivity index (χ1n) is 3.70. The van der Waals surface area contributed by atoms with E-state index >= 15 is 0 Å². The fourth-order valence-electron chi connectivity index (χ4n) is 1.12. The number of hydrogen-bond acceptors (Lipinski definition) is 4. The van der Waals surface area contributed by atoms with Gasteiger partial charge in [0.15, 0.2) is 12.6 Å². The van der Waals surface area contributed by atoms with Crippen molar-refractivity contribution >= 4 is 0 Å². The molecule has 1 N–H and O–H groups in total. The molecule has 5 heteroatoms. The van der Waals surface area contributed by atoms with E-state index in [2.05, 4.69) is 5.10 Å². The van der Waals surface area contributed by atoms with Crippen molar-refractivity contribution in [1.82, 2.24) is 9.78 Å². The largest absolute Gasteiger partial charge is 0.493 e. The van der Waals surface area contributed by atoms with Crippen LogP contribution in [0, 0.1) is 0 Å². The minimum Gasteiger partial charge on any atom is -0.493 e. The average Bonchev–Trinajstić information content (AvgIpc) is 2.28. The van der Waals surface area contributed by atoms with Gasteiger partial charge in [0.25, 0.3) is 0 Å². The number of aromatic hydroxyl groups is 1. The molecule has 0 aliphatic carbocycles. The van der Waals surface area contributed by atoms with E-state index in [9.17, 15) is 5.11 Å². The maximum Gasteiger partial charge on any atom is 0.217 e. The van der Waals surface area contributed by atoms with Crippen LogP contribution >= 0.6 is 0 Å². The molecule has 0 saturated carbocycles. The number of rotatable bonds is 1. The molecule has 0 atom stereocenters. The van der Waals surface area contributed by atoms with Crippen molar-refractivity contribution < 1.29 is 14.6 Å². The van der Waals surface area contributed by atoms with Gasteiger partial charge in [-0.15, -0.1) is 0 Å². The zero-order valence-electron chi connectivity index (χ0n) is 6.89. The summed E-state index contributed by atoms with van der Waals surface area (Å²) < 4.78 is 11.7. The second-order valence-electron chi connectivity index (χ2n) is 2.72. The Balaban J connectivity index is 2.18. The number of nitrogens with zero attached hydrogens (tertiary/aromatic N) is 2. The Morgan fingerprint density at radius 1 is 1.58 bits per heavy atom. The molecule has 1 aromatic rings. The van der Waals surface area contributed by atoms with Crippen LogP contribution < -0.4 is 0 Å². The first-order chi connectivity index (χ1) is 5.68. The zero-order valence-corrected chi connectivity index (χ0v) is 6.89. The van der Waals surface area contributed by atoms with E-state index in [0.717, 1.165) is 0 Å². The van der Waals surface area contributed by atoms with Gasteiger partial charge in [0.05, 0.1) is 11.8 Å². The Labute approximate surface area is 69.5 Å². The molecule has 0 unspecified atom stereocenters. The fourth-order valence-corrected chi connectivity index (χ4v) is 1.12. The first kappa shape index (κ1) is 7.57. The molecule has 0 amide bonds. The highest BCUT2D eigenvalue weighted by Gasteiger charge is 2.32. The number of ether oxygens (including phenoxy) is 2. The minimum atomic E-state index is -0.450. The number of aromatic nitrogens is 2. The van der Waals surface area contributed by atoms with Crippen LogP contribution in [0.5, 0.6) is 5.88 Å². The van der Waals surface area contributed by atoms with Gasteiger partial charge >= 0.3 is 0 Å². The van der Waals surface area contributed by atoms with Crippen LogP contribution in [0.15, 0.2) is 6.20 Å². The van der Waals surface area contributed by atoms with E-state index in [1.165, 1.54) is 10.9 Å². The monoisotopic (exact) mass is 170 g/mol. The van der Waals surface area contributed by atoms with Gasteiger partial charge in [-0.25, -0.2) is 4.68 Å². The van der Waals surface area contributed by atoms with Gasteiger partial charge in [0.2, 0.25) is 5.88 Å². The molecule has 12 heavy (non-hydrogen) atoms. The van der Waals surface area contributed by atoms with E-state index in [0.29, 0.717) is 5.56 Å². The topological polar surface area (TPSA) is 56.5 Å². The van der Waals surface area contributed by atoms with Crippen LogP contribution in [0.3, 0.4) is 0 Å². The summed E-state index contributed by atoms with van der Waals surface area (Å²) in [5.74, 6) is 0.0897. The Kier molecular flexibility index (Phi) is 1.55. The lowest BCUT2D eigenvalue weighted by Crippen LogP contribution is -2.31. The molecule has 0 bridgehead atoms. The van der Waals surface area contributed by atoms with Crippen molar-refractivity contribution in [3.63, 3.8) is 0 Å². The van der Waals surface area contributed by atoms with Crippen LogP contribution in [0.25, 0.3) is 0 Å². The van der Waals surface area contributed by atoms with Gasteiger partial charge in [-0.3, -0.25) is 0 Å². The summed E-state index contributed by atoms with van der Waals surface area (Å²) in [5.41, 5.74) is 0.579. The van der Waals surface area contributed by atoms with Gasteiger partial charge in [-0.1, -0.05) is 0 Å². The standard InChI is InChI=1S/C7H10N2O3/c1-4-11-7(12-4)5-3-8-9(2)6(5)10/h3-4,7,10H,1-2H3. The van der Waals surface area contributed by atoms with Crippen molar-refractivity contribution in [2.45, 2.75) is 19.5 Å². The maximum atomic E-state index is 9.40. The van der Waals surface area contributed by atoms with Crippen molar-refractivity contribution in [2.75, 3.05) is 0 Å². The summed E-state index contributed by atoms with van der Waals surface area (Å²) >= 11 is 0. The molecule has 1 saturated heterocycles. The van der Waals surface area contributed by atoms with Crippen molar-refractivity contribution in [3.8, 4) is 5.88 Å². The van der Waals surface area contributed by atoms with Crippen molar-refractivity contribution in [2.24, 2.45) is 7.05 Å². The van der Waals surface area contributed by atoms with E-state index in [1.807, 2.05) is 0 Å². The van der Waals surface area contributed by atoms with Crippen LogP contribution in [0.2, 0.25) is 0 Å². The molecule has 0 aromatic carbocycles. The molecule has 66 valence electrons. The summed E-state index contributed by atoms with van der Waals surface area (Å²) in [4.78, 5) is 0.